The van der Waals surface area contributed by atoms with Crippen molar-refractivity contribution in [3.63, 3.8) is 0 Å². The van der Waals surface area contributed by atoms with E-state index < -0.39 is 6.09 Å². The van der Waals surface area contributed by atoms with Gasteiger partial charge in [-0.1, -0.05) is 18.2 Å². The summed E-state index contributed by atoms with van der Waals surface area (Å²) in [5.74, 6) is 2.68. The molecule has 0 saturated heterocycles. The summed E-state index contributed by atoms with van der Waals surface area (Å²) in [6, 6.07) is 22.6. The molecule has 8 heteroatoms. The Hall–Kier alpha value is -4.17. The van der Waals surface area contributed by atoms with Gasteiger partial charge in [-0.15, -0.1) is 11.3 Å². The number of nitrogens with zero attached hydrogens (tertiary/aromatic N) is 2. The molecule has 32 heavy (non-hydrogen) atoms. The van der Waals surface area contributed by atoms with Crippen LogP contribution in [0.3, 0.4) is 0 Å². The minimum atomic E-state index is -0.534. The Balaban J connectivity index is 1.26. The number of hydrogen-bond donors (Lipinski definition) is 2. The van der Waals surface area contributed by atoms with Gasteiger partial charge in [0.05, 0.1) is 17.6 Å². The first-order valence-electron chi connectivity index (χ1n) is 9.90. The van der Waals surface area contributed by atoms with E-state index in [4.69, 9.17) is 9.47 Å². The molecule has 0 aliphatic heterocycles. The van der Waals surface area contributed by atoms with Crippen LogP contribution >= 0.6 is 11.3 Å². The normalized spacial score (nSPS) is 10.8. The van der Waals surface area contributed by atoms with Crippen LogP contribution in [0.1, 0.15) is 5.01 Å². The molecule has 3 aromatic carbocycles. The van der Waals surface area contributed by atoms with Crippen LogP contribution in [-0.2, 0) is 6.54 Å². The number of aromatic nitrogens is 3. The van der Waals surface area contributed by atoms with Crippen LogP contribution in [0.25, 0.3) is 22.4 Å². The Morgan fingerprint density at radius 1 is 0.969 bits per heavy atom. The highest BCUT2D eigenvalue weighted by atomic mass is 32.1. The number of carbonyl (C=O) groups is 1. The standard InChI is InChI=1S/C24H18N4O3S/c29-24(26-15-22-25-12-13-32-22)31-19-10-11-20-21(14-19)28-23(27-20)16-6-8-18(9-7-16)30-17-4-2-1-3-5-17/h1-14H,15H2,(H,26,29)(H,27,28). The SMILES string of the molecule is O=C(NCc1nccs1)Oc1ccc2nc(-c3ccc(Oc4ccccc4)cc3)[nH]c2c1. The monoisotopic (exact) mass is 442 g/mol. The third-order valence-corrected chi connectivity index (χ3v) is 5.42. The molecule has 0 saturated carbocycles. The van der Waals surface area contributed by atoms with Gasteiger partial charge in [0.1, 0.15) is 28.1 Å². The maximum Gasteiger partial charge on any atom is 0.412 e. The molecule has 0 radical (unpaired) electrons. The van der Waals surface area contributed by atoms with E-state index in [1.807, 2.05) is 66.0 Å². The molecule has 158 valence electrons. The maximum absolute atomic E-state index is 12.0. The van der Waals surface area contributed by atoms with Gasteiger partial charge in [0.25, 0.3) is 0 Å². The predicted molar refractivity (Wildman–Crippen MR) is 123 cm³/mol. The van der Waals surface area contributed by atoms with Gasteiger partial charge >= 0.3 is 6.09 Å². The molecular weight excluding hydrogens is 424 g/mol. The van der Waals surface area contributed by atoms with Crippen molar-refractivity contribution in [3.05, 3.63) is 89.4 Å². The molecule has 2 aromatic heterocycles. The lowest BCUT2D eigenvalue weighted by atomic mass is 10.2. The molecule has 0 aliphatic carbocycles. The van der Waals surface area contributed by atoms with Crippen LogP contribution in [-0.4, -0.2) is 21.0 Å². The summed E-state index contributed by atoms with van der Waals surface area (Å²) in [5.41, 5.74) is 2.47. The Labute approximate surface area is 187 Å². The number of para-hydroxylation sites is 1. The number of nitrogens with one attached hydrogen (secondary N) is 2. The van der Waals surface area contributed by atoms with Crippen LogP contribution in [0, 0.1) is 0 Å². The summed E-state index contributed by atoms with van der Waals surface area (Å²) in [5, 5.41) is 5.36. The first-order valence-corrected chi connectivity index (χ1v) is 10.8. The number of aromatic amines is 1. The molecule has 0 bridgehead atoms. The van der Waals surface area contributed by atoms with Crippen LogP contribution in [0.2, 0.25) is 0 Å². The van der Waals surface area contributed by atoms with E-state index in [1.165, 1.54) is 11.3 Å². The van der Waals surface area contributed by atoms with E-state index in [1.54, 1.807) is 18.3 Å². The molecule has 2 N–H and O–H groups in total. The van der Waals surface area contributed by atoms with Crippen molar-refractivity contribution in [2.75, 3.05) is 0 Å². The first-order chi connectivity index (χ1) is 15.7. The highest BCUT2D eigenvalue weighted by Gasteiger charge is 2.10. The second-order valence-corrected chi connectivity index (χ2v) is 7.85. The van der Waals surface area contributed by atoms with Crippen molar-refractivity contribution >= 4 is 28.5 Å². The number of ether oxygens (including phenoxy) is 2. The molecule has 5 aromatic rings. The molecule has 2 heterocycles. The molecule has 0 unspecified atom stereocenters. The molecule has 0 atom stereocenters. The van der Waals surface area contributed by atoms with Gasteiger partial charge in [0.2, 0.25) is 0 Å². The molecular formula is C24H18N4O3S. The number of hydrogen-bond acceptors (Lipinski definition) is 6. The summed E-state index contributed by atoms with van der Waals surface area (Å²) in [6.07, 6.45) is 1.16. The number of imidazole rings is 1. The lowest BCUT2D eigenvalue weighted by molar-refractivity contribution is 0.200. The van der Waals surface area contributed by atoms with Gasteiger partial charge in [-0.25, -0.2) is 14.8 Å². The van der Waals surface area contributed by atoms with E-state index in [0.717, 1.165) is 38.9 Å². The zero-order valence-electron chi connectivity index (χ0n) is 16.8. The van der Waals surface area contributed by atoms with E-state index in [2.05, 4.69) is 20.3 Å². The number of rotatable bonds is 6. The van der Waals surface area contributed by atoms with Crippen molar-refractivity contribution in [2.24, 2.45) is 0 Å². The molecule has 0 fully saturated rings. The van der Waals surface area contributed by atoms with E-state index in [-0.39, 0.29) is 0 Å². The third-order valence-electron chi connectivity index (χ3n) is 4.64. The second kappa shape index (κ2) is 8.91. The van der Waals surface area contributed by atoms with Gasteiger partial charge < -0.3 is 19.8 Å². The smallest absolute Gasteiger partial charge is 0.412 e. The lowest BCUT2D eigenvalue weighted by Gasteiger charge is -2.05. The summed E-state index contributed by atoms with van der Waals surface area (Å²) in [6.45, 7) is 0.330. The quantitative estimate of drug-likeness (QED) is 0.349. The summed E-state index contributed by atoms with van der Waals surface area (Å²) in [4.78, 5) is 24.1. The topological polar surface area (TPSA) is 89.1 Å². The lowest BCUT2D eigenvalue weighted by Crippen LogP contribution is -2.26. The number of H-pyrrole nitrogens is 1. The van der Waals surface area contributed by atoms with Crippen molar-refractivity contribution in [1.82, 2.24) is 20.3 Å². The van der Waals surface area contributed by atoms with Crippen LogP contribution in [0.15, 0.2) is 84.4 Å². The van der Waals surface area contributed by atoms with Crippen LogP contribution in [0.5, 0.6) is 17.2 Å². The molecule has 7 nitrogen and oxygen atoms in total. The second-order valence-electron chi connectivity index (χ2n) is 6.87. The number of fused-ring (bicyclic) bond motifs is 1. The zero-order valence-corrected chi connectivity index (χ0v) is 17.6. The zero-order chi connectivity index (χ0) is 21.8. The fourth-order valence-electron chi connectivity index (χ4n) is 3.13. The maximum atomic E-state index is 12.0. The summed E-state index contributed by atoms with van der Waals surface area (Å²) >= 11 is 1.47. The predicted octanol–water partition coefficient (Wildman–Crippen LogP) is 5.77. The van der Waals surface area contributed by atoms with Gasteiger partial charge in [-0.3, -0.25) is 0 Å². The van der Waals surface area contributed by atoms with Crippen molar-refractivity contribution in [3.8, 4) is 28.6 Å². The number of benzene rings is 3. The first kappa shape index (κ1) is 19.8. The van der Waals surface area contributed by atoms with Crippen molar-refractivity contribution in [1.29, 1.82) is 0 Å². The minimum absolute atomic E-state index is 0.330. The van der Waals surface area contributed by atoms with Gasteiger partial charge in [0, 0.05) is 23.2 Å². The fraction of sp³-hybridized carbons (Fsp3) is 0.0417. The fourth-order valence-corrected chi connectivity index (χ4v) is 3.68. The van der Waals surface area contributed by atoms with E-state index in [0.29, 0.717) is 12.3 Å². The Bertz CT molecular complexity index is 1330. The highest BCUT2D eigenvalue weighted by molar-refractivity contribution is 7.09. The largest absolute Gasteiger partial charge is 0.457 e. The van der Waals surface area contributed by atoms with Gasteiger partial charge in [0.15, 0.2) is 0 Å². The molecule has 0 aliphatic rings. The highest BCUT2D eigenvalue weighted by Crippen LogP contribution is 2.27. The average molecular weight is 443 g/mol. The van der Waals surface area contributed by atoms with Crippen molar-refractivity contribution in [2.45, 2.75) is 6.54 Å². The Kier molecular flexibility index (Phi) is 5.50. The van der Waals surface area contributed by atoms with Crippen LogP contribution in [0.4, 0.5) is 4.79 Å². The van der Waals surface area contributed by atoms with Crippen LogP contribution < -0.4 is 14.8 Å². The Morgan fingerprint density at radius 2 is 1.75 bits per heavy atom. The van der Waals surface area contributed by atoms with E-state index in [9.17, 15) is 4.79 Å². The summed E-state index contributed by atoms with van der Waals surface area (Å²) in [7, 11) is 0. The van der Waals surface area contributed by atoms with Gasteiger partial charge in [-0.05, 0) is 48.5 Å². The Morgan fingerprint density at radius 3 is 2.53 bits per heavy atom. The third kappa shape index (κ3) is 4.60. The van der Waals surface area contributed by atoms with Crippen molar-refractivity contribution < 1.29 is 14.3 Å². The number of carbonyl (C=O) groups excluding carboxylic acids is 1. The molecule has 5 rings (SSSR count). The summed E-state index contributed by atoms with van der Waals surface area (Å²) < 4.78 is 11.2. The molecule has 1 amide bonds. The van der Waals surface area contributed by atoms with E-state index >= 15 is 0 Å². The number of thiazole rings is 1. The average Bonchev–Trinajstić information content (AvgIpc) is 3.49. The number of amides is 1. The van der Waals surface area contributed by atoms with Gasteiger partial charge in [-0.2, -0.15) is 0 Å². The minimum Gasteiger partial charge on any atom is -0.457 e. The molecule has 0 spiro atoms.